The maximum atomic E-state index is 5.90. The molecular weight excluding hydrogens is 392 g/mol. The Bertz CT molecular complexity index is 1170. The predicted molar refractivity (Wildman–Crippen MR) is 121 cm³/mol. The molecular formula is C24H22N4OS. The second-order valence-corrected chi connectivity index (χ2v) is 7.17. The molecule has 5 nitrogen and oxygen atoms in total. The number of rotatable bonds is 8. The van der Waals surface area contributed by atoms with E-state index in [2.05, 4.69) is 27.4 Å². The fraction of sp³-hybridized carbons (Fsp3) is 0.125. The van der Waals surface area contributed by atoms with Crippen molar-refractivity contribution in [3.8, 4) is 5.75 Å². The summed E-state index contributed by atoms with van der Waals surface area (Å²) in [5, 5.41) is 11.8. The van der Waals surface area contributed by atoms with Crippen LogP contribution >= 0.6 is 12.2 Å². The number of nitrogens with one attached hydrogen (secondary N) is 1. The van der Waals surface area contributed by atoms with Crippen LogP contribution in [0.4, 0.5) is 0 Å². The molecule has 150 valence electrons. The van der Waals surface area contributed by atoms with E-state index >= 15 is 0 Å². The van der Waals surface area contributed by atoms with Crippen molar-refractivity contribution in [2.45, 2.75) is 19.4 Å². The first kappa shape index (κ1) is 19.8. The molecule has 0 aliphatic rings. The van der Waals surface area contributed by atoms with E-state index in [4.69, 9.17) is 17.0 Å². The van der Waals surface area contributed by atoms with E-state index in [1.54, 1.807) is 10.9 Å². The summed E-state index contributed by atoms with van der Waals surface area (Å²) in [6.45, 7) is 0.462. The Morgan fingerprint density at radius 2 is 1.60 bits per heavy atom. The Hall–Kier alpha value is -3.51. The number of nitrogens with zero attached hydrogens (tertiary/aromatic N) is 3. The van der Waals surface area contributed by atoms with Gasteiger partial charge in [0.15, 0.2) is 5.82 Å². The third kappa shape index (κ3) is 5.10. The van der Waals surface area contributed by atoms with Gasteiger partial charge in [-0.05, 0) is 41.9 Å². The second-order valence-electron chi connectivity index (χ2n) is 6.79. The van der Waals surface area contributed by atoms with Crippen LogP contribution in [-0.4, -0.2) is 21.1 Å². The van der Waals surface area contributed by atoms with E-state index < -0.39 is 0 Å². The summed E-state index contributed by atoms with van der Waals surface area (Å²) in [6.07, 6.45) is 3.42. The smallest absolute Gasteiger partial charge is 0.216 e. The van der Waals surface area contributed by atoms with Crippen LogP contribution in [0.5, 0.6) is 5.75 Å². The predicted octanol–water partition coefficient (Wildman–Crippen LogP) is 5.19. The van der Waals surface area contributed by atoms with Gasteiger partial charge in [0, 0.05) is 12.0 Å². The molecule has 30 heavy (non-hydrogen) atoms. The van der Waals surface area contributed by atoms with Gasteiger partial charge in [-0.25, -0.2) is 0 Å². The highest BCUT2D eigenvalue weighted by molar-refractivity contribution is 7.71. The summed E-state index contributed by atoms with van der Waals surface area (Å²) >= 11 is 5.37. The fourth-order valence-electron chi connectivity index (χ4n) is 3.10. The van der Waals surface area contributed by atoms with Gasteiger partial charge in [-0.2, -0.15) is 14.9 Å². The number of para-hydroxylation sites is 1. The largest absolute Gasteiger partial charge is 0.489 e. The van der Waals surface area contributed by atoms with Gasteiger partial charge in [0.05, 0.1) is 6.21 Å². The first-order valence-corrected chi connectivity index (χ1v) is 10.2. The molecule has 1 aromatic heterocycles. The van der Waals surface area contributed by atoms with E-state index in [0.29, 0.717) is 11.4 Å². The van der Waals surface area contributed by atoms with Crippen LogP contribution in [0.1, 0.15) is 22.5 Å². The highest BCUT2D eigenvalue weighted by Crippen LogP contribution is 2.14. The Morgan fingerprint density at radius 3 is 2.40 bits per heavy atom. The van der Waals surface area contributed by atoms with Gasteiger partial charge >= 0.3 is 0 Å². The van der Waals surface area contributed by atoms with Crippen LogP contribution in [0, 0.1) is 4.77 Å². The molecule has 6 heteroatoms. The number of H-pyrrole nitrogens is 1. The molecule has 0 aliphatic carbocycles. The number of aromatic nitrogens is 3. The molecule has 0 radical (unpaired) electrons. The van der Waals surface area contributed by atoms with E-state index in [1.807, 2.05) is 72.8 Å². The Labute approximate surface area is 180 Å². The molecule has 0 atom stereocenters. The summed E-state index contributed by atoms with van der Waals surface area (Å²) in [5.41, 5.74) is 3.28. The number of aryl methyl sites for hydroxylation is 2. The van der Waals surface area contributed by atoms with Crippen molar-refractivity contribution in [1.29, 1.82) is 0 Å². The Balaban J connectivity index is 1.49. The zero-order valence-electron chi connectivity index (χ0n) is 16.4. The summed E-state index contributed by atoms with van der Waals surface area (Å²) in [6, 6.07) is 28.1. The zero-order chi connectivity index (χ0) is 20.6. The van der Waals surface area contributed by atoms with Gasteiger partial charge in [0.1, 0.15) is 12.4 Å². The maximum absolute atomic E-state index is 5.90. The molecule has 0 amide bonds. The average Bonchev–Trinajstić information content (AvgIpc) is 3.16. The zero-order valence-corrected chi connectivity index (χ0v) is 17.3. The van der Waals surface area contributed by atoms with Crippen molar-refractivity contribution < 1.29 is 4.74 Å². The van der Waals surface area contributed by atoms with E-state index in [0.717, 1.165) is 35.5 Å². The van der Waals surface area contributed by atoms with E-state index in [-0.39, 0.29) is 0 Å². The third-order valence-electron chi connectivity index (χ3n) is 4.70. The molecule has 0 saturated carbocycles. The topological polar surface area (TPSA) is 55.2 Å². The van der Waals surface area contributed by atoms with Crippen LogP contribution in [0.15, 0.2) is 90.0 Å². The lowest BCUT2D eigenvalue weighted by Crippen LogP contribution is -2.03. The number of hydrogen-bond donors (Lipinski definition) is 1. The van der Waals surface area contributed by atoms with Gasteiger partial charge in [-0.3, -0.25) is 5.10 Å². The molecule has 4 aromatic rings. The number of aromatic amines is 1. The monoisotopic (exact) mass is 414 g/mol. The lowest BCUT2D eigenvalue weighted by atomic mass is 10.1. The molecule has 1 heterocycles. The molecule has 0 aliphatic heterocycles. The minimum absolute atomic E-state index is 0.462. The van der Waals surface area contributed by atoms with Crippen molar-refractivity contribution in [2.24, 2.45) is 5.10 Å². The normalized spacial score (nSPS) is 11.1. The lowest BCUT2D eigenvalue weighted by molar-refractivity contribution is 0.306. The minimum Gasteiger partial charge on any atom is -0.489 e. The average molecular weight is 415 g/mol. The van der Waals surface area contributed by atoms with Crippen LogP contribution in [0.3, 0.4) is 0 Å². The van der Waals surface area contributed by atoms with Crippen molar-refractivity contribution in [2.75, 3.05) is 0 Å². The van der Waals surface area contributed by atoms with Gasteiger partial charge in [-0.1, -0.05) is 72.8 Å². The standard InChI is InChI=1S/C24H22N4OS/c30-24-27-26-23(16-15-19-9-3-1-4-10-19)28(24)25-17-20-11-7-8-12-21(20)18-29-22-13-5-2-6-14-22/h1-14,17H,15-16,18H2,(H,27,30)/b25-17-. The first-order valence-electron chi connectivity index (χ1n) is 9.80. The maximum Gasteiger partial charge on any atom is 0.216 e. The van der Waals surface area contributed by atoms with Crippen LogP contribution < -0.4 is 4.74 Å². The van der Waals surface area contributed by atoms with Gasteiger partial charge in [0.2, 0.25) is 4.77 Å². The van der Waals surface area contributed by atoms with Gasteiger partial charge < -0.3 is 4.74 Å². The van der Waals surface area contributed by atoms with Crippen molar-refractivity contribution in [3.63, 3.8) is 0 Å². The summed E-state index contributed by atoms with van der Waals surface area (Å²) in [7, 11) is 0. The highest BCUT2D eigenvalue weighted by atomic mass is 32.1. The summed E-state index contributed by atoms with van der Waals surface area (Å²) in [4.78, 5) is 0. The van der Waals surface area contributed by atoms with Crippen molar-refractivity contribution in [1.82, 2.24) is 14.9 Å². The van der Waals surface area contributed by atoms with Gasteiger partial charge in [0.25, 0.3) is 0 Å². The first-order chi connectivity index (χ1) is 14.8. The Morgan fingerprint density at radius 1 is 0.900 bits per heavy atom. The lowest BCUT2D eigenvalue weighted by Gasteiger charge is -2.08. The van der Waals surface area contributed by atoms with Crippen LogP contribution in [-0.2, 0) is 19.4 Å². The third-order valence-corrected chi connectivity index (χ3v) is 4.97. The second kappa shape index (κ2) is 9.80. The van der Waals surface area contributed by atoms with Crippen LogP contribution in [0.25, 0.3) is 0 Å². The Kier molecular flexibility index (Phi) is 6.47. The molecule has 3 aromatic carbocycles. The van der Waals surface area contributed by atoms with Crippen molar-refractivity contribution >= 4 is 18.4 Å². The van der Waals surface area contributed by atoms with E-state index in [1.165, 1.54) is 5.56 Å². The summed E-state index contributed by atoms with van der Waals surface area (Å²) in [5.74, 6) is 1.64. The minimum atomic E-state index is 0.462. The SMILES string of the molecule is S=c1[nH]nc(CCc2ccccc2)n1/N=C\c1ccccc1COc1ccccc1. The number of benzene rings is 3. The number of hydrogen-bond acceptors (Lipinski definition) is 4. The molecule has 1 N–H and O–H groups in total. The summed E-state index contributed by atoms with van der Waals surface area (Å²) < 4.78 is 8.06. The molecule has 0 fully saturated rings. The molecule has 0 saturated heterocycles. The van der Waals surface area contributed by atoms with E-state index in [9.17, 15) is 0 Å². The number of ether oxygens (including phenoxy) is 1. The highest BCUT2D eigenvalue weighted by Gasteiger charge is 2.06. The molecule has 0 unspecified atom stereocenters. The quantitative estimate of drug-likeness (QED) is 0.319. The fourth-order valence-corrected chi connectivity index (χ4v) is 3.29. The van der Waals surface area contributed by atoms with Crippen molar-refractivity contribution in [3.05, 3.63) is 112 Å². The van der Waals surface area contributed by atoms with Gasteiger partial charge in [-0.15, -0.1) is 0 Å². The molecule has 4 rings (SSSR count). The molecule has 0 bridgehead atoms. The van der Waals surface area contributed by atoms with Crippen LogP contribution in [0.2, 0.25) is 0 Å². The molecule has 0 spiro atoms.